The zero-order valence-corrected chi connectivity index (χ0v) is 6.97. The molecule has 3 heteroatoms. The van der Waals surface area contributed by atoms with Crippen LogP contribution in [0.3, 0.4) is 0 Å². The molecule has 0 rings (SSSR count). The van der Waals surface area contributed by atoms with Crippen molar-refractivity contribution < 1.29 is 14.3 Å². The van der Waals surface area contributed by atoms with E-state index in [1.807, 2.05) is 0 Å². The molecule has 0 aromatic heterocycles. The predicted octanol–water partition coefficient (Wildman–Crippen LogP) is 1.18. The fraction of sp³-hybridized carbons (Fsp3) is 0.750. The molecule has 0 bridgehead atoms. The summed E-state index contributed by atoms with van der Waals surface area (Å²) in [5.74, 6) is -0.295. The molecule has 0 spiro atoms. The summed E-state index contributed by atoms with van der Waals surface area (Å²) in [6.07, 6.45) is 1.72. The molecule has 3 nitrogen and oxygen atoms in total. The molecule has 1 radical (unpaired) electrons. The van der Waals surface area contributed by atoms with Crippen molar-refractivity contribution in [3.63, 3.8) is 0 Å². The number of ether oxygens (including phenoxy) is 2. The van der Waals surface area contributed by atoms with Crippen LogP contribution in [-0.2, 0) is 14.3 Å². The van der Waals surface area contributed by atoms with Crippen LogP contribution in [0.25, 0.3) is 0 Å². The van der Waals surface area contributed by atoms with Gasteiger partial charge in [0.2, 0.25) is 0 Å². The van der Waals surface area contributed by atoms with E-state index < -0.39 is 0 Å². The molecule has 0 N–H and O–H groups in total. The molecule has 11 heavy (non-hydrogen) atoms. The molecule has 0 aromatic rings. The first-order valence-electron chi connectivity index (χ1n) is 3.83. The first-order valence-corrected chi connectivity index (χ1v) is 3.83. The molecule has 0 atom stereocenters. The Bertz CT molecular complexity index is 102. The van der Waals surface area contributed by atoms with Gasteiger partial charge in [-0.2, -0.15) is 0 Å². The third kappa shape index (κ3) is 7.33. The molecular weight excluding hydrogens is 144 g/mol. The van der Waals surface area contributed by atoms with Crippen LogP contribution >= 0.6 is 0 Å². The van der Waals surface area contributed by atoms with Gasteiger partial charge in [-0.3, -0.25) is 0 Å². The van der Waals surface area contributed by atoms with Gasteiger partial charge >= 0.3 is 5.97 Å². The van der Waals surface area contributed by atoms with Crippen molar-refractivity contribution in [1.29, 1.82) is 0 Å². The molecule has 0 saturated carbocycles. The fourth-order valence-electron chi connectivity index (χ4n) is 0.562. The minimum Gasteiger partial charge on any atom is -0.464 e. The molecule has 65 valence electrons. The Kier molecular flexibility index (Phi) is 7.15. The summed E-state index contributed by atoms with van der Waals surface area (Å²) in [5.41, 5.74) is 0. The van der Waals surface area contributed by atoms with Crippen LogP contribution in [-0.4, -0.2) is 25.8 Å². The predicted molar refractivity (Wildman–Crippen MR) is 42.0 cm³/mol. The summed E-state index contributed by atoms with van der Waals surface area (Å²) >= 11 is 0. The van der Waals surface area contributed by atoms with E-state index in [4.69, 9.17) is 4.74 Å². The number of rotatable bonds is 6. The quantitative estimate of drug-likeness (QED) is 0.431. The van der Waals surface area contributed by atoms with E-state index in [1.165, 1.54) is 0 Å². The molecule has 0 fully saturated rings. The van der Waals surface area contributed by atoms with Gasteiger partial charge < -0.3 is 9.47 Å². The molecular formula is C8H15O3. The molecule has 0 aliphatic heterocycles. The SMILES string of the molecule is [CH2]CCCOCC(=O)OCC. The smallest absolute Gasteiger partial charge is 0.332 e. The molecule has 0 aliphatic carbocycles. The summed E-state index contributed by atoms with van der Waals surface area (Å²) in [6.45, 7) is 6.48. The maximum atomic E-state index is 10.6. The number of esters is 1. The van der Waals surface area contributed by atoms with Crippen LogP contribution in [0, 0.1) is 6.92 Å². The average molecular weight is 159 g/mol. The van der Waals surface area contributed by atoms with E-state index in [1.54, 1.807) is 6.92 Å². The Morgan fingerprint density at radius 2 is 2.27 bits per heavy atom. The number of hydrogen-bond donors (Lipinski definition) is 0. The van der Waals surface area contributed by atoms with Crippen LogP contribution in [0.2, 0.25) is 0 Å². The highest BCUT2D eigenvalue weighted by atomic mass is 16.6. The van der Waals surface area contributed by atoms with Gasteiger partial charge in [-0.1, -0.05) is 13.3 Å². The minimum atomic E-state index is -0.295. The number of carbonyl (C=O) groups is 1. The summed E-state index contributed by atoms with van der Waals surface area (Å²) in [7, 11) is 0. The van der Waals surface area contributed by atoms with E-state index in [9.17, 15) is 4.79 Å². The Morgan fingerprint density at radius 1 is 1.55 bits per heavy atom. The monoisotopic (exact) mass is 159 g/mol. The van der Waals surface area contributed by atoms with Crippen molar-refractivity contribution >= 4 is 5.97 Å². The lowest BCUT2D eigenvalue weighted by Crippen LogP contribution is -2.12. The van der Waals surface area contributed by atoms with Crippen LogP contribution in [0.15, 0.2) is 0 Å². The topological polar surface area (TPSA) is 35.5 Å². The van der Waals surface area contributed by atoms with E-state index in [2.05, 4.69) is 11.7 Å². The second kappa shape index (κ2) is 7.54. The second-order valence-corrected chi connectivity index (χ2v) is 2.06. The summed E-state index contributed by atoms with van der Waals surface area (Å²) in [5, 5.41) is 0. The van der Waals surface area contributed by atoms with E-state index in [-0.39, 0.29) is 12.6 Å². The van der Waals surface area contributed by atoms with Crippen LogP contribution in [0.1, 0.15) is 19.8 Å². The molecule has 0 aliphatic rings. The lowest BCUT2D eigenvalue weighted by atomic mass is 10.4. The molecule has 0 aromatic carbocycles. The lowest BCUT2D eigenvalue weighted by molar-refractivity contribution is -0.148. The Hall–Kier alpha value is -0.570. The first kappa shape index (κ1) is 10.4. The molecule has 0 heterocycles. The van der Waals surface area contributed by atoms with Gasteiger partial charge in [0.25, 0.3) is 0 Å². The van der Waals surface area contributed by atoms with E-state index >= 15 is 0 Å². The Morgan fingerprint density at radius 3 is 2.82 bits per heavy atom. The molecule has 0 unspecified atom stereocenters. The van der Waals surface area contributed by atoms with Gasteiger partial charge in [0, 0.05) is 6.61 Å². The third-order valence-electron chi connectivity index (χ3n) is 1.06. The van der Waals surface area contributed by atoms with Crippen molar-refractivity contribution in [2.45, 2.75) is 19.8 Å². The van der Waals surface area contributed by atoms with Crippen molar-refractivity contribution in [2.75, 3.05) is 19.8 Å². The number of carbonyl (C=O) groups excluding carboxylic acids is 1. The third-order valence-corrected chi connectivity index (χ3v) is 1.06. The molecule has 0 amide bonds. The summed E-state index contributed by atoms with van der Waals surface area (Å²) in [6, 6.07) is 0. The van der Waals surface area contributed by atoms with Gasteiger partial charge in [0.15, 0.2) is 0 Å². The standard InChI is InChI=1S/C8H15O3/c1-3-5-6-10-7-8(9)11-4-2/h1,3-7H2,2H3. The number of unbranched alkanes of at least 4 members (excludes halogenated alkanes) is 1. The highest BCUT2D eigenvalue weighted by molar-refractivity contribution is 5.70. The first-order chi connectivity index (χ1) is 5.31. The van der Waals surface area contributed by atoms with Crippen LogP contribution in [0.4, 0.5) is 0 Å². The largest absolute Gasteiger partial charge is 0.464 e. The highest BCUT2D eigenvalue weighted by Gasteiger charge is 1.99. The normalized spacial score (nSPS) is 9.64. The van der Waals surface area contributed by atoms with E-state index in [0.29, 0.717) is 13.2 Å². The van der Waals surface area contributed by atoms with Crippen LogP contribution < -0.4 is 0 Å². The lowest BCUT2D eigenvalue weighted by Gasteiger charge is -2.01. The molecule has 0 saturated heterocycles. The fourth-order valence-corrected chi connectivity index (χ4v) is 0.562. The van der Waals surface area contributed by atoms with Crippen molar-refractivity contribution in [2.24, 2.45) is 0 Å². The maximum absolute atomic E-state index is 10.6. The van der Waals surface area contributed by atoms with Crippen molar-refractivity contribution in [3.8, 4) is 0 Å². The Labute approximate surface area is 67.7 Å². The van der Waals surface area contributed by atoms with Gasteiger partial charge in [0.05, 0.1) is 6.61 Å². The zero-order chi connectivity index (χ0) is 8.53. The van der Waals surface area contributed by atoms with Crippen LogP contribution in [0.5, 0.6) is 0 Å². The van der Waals surface area contributed by atoms with Gasteiger partial charge in [0.1, 0.15) is 6.61 Å². The number of hydrogen-bond acceptors (Lipinski definition) is 3. The van der Waals surface area contributed by atoms with Gasteiger partial charge in [-0.15, -0.1) is 0 Å². The van der Waals surface area contributed by atoms with E-state index in [0.717, 1.165) is 12.8 Å². The summed E-state index contributed by atoms with van der Waals surface area (Å²) in [4.78, 5) is 10.6. The summed E-state index contributed by atoms with van der Waals surface area (Å²) < 4.78 is 9.62. The van der Waals surface area contributed by atoms with Crippen molar-refractivity contribution in [3.05, 3.63) is 6.92 Å². The highest BCUT2D eigenvalue weighted by Crippen LogP contribution is 1.88. The van der Waals surface area contributed by atoms with Crippen molar-refractivity contribution in [1.82, 2.24) is 0 Å². The average Bonchev–Trinajstić information content (AvgIpc) is 1.99. The second-order valence-electron chi connectivity index (χ2n) is 2.06. The zero-order valence-electron chi connectivity index (χ0n) is 6.97. The Balaban J connectivity index is 3.04. The van der Waals surface area contributed by atoms with Gasteiger partial charge in [-0.25, -0.2) is 4.79 Å². The maximum Gasteiger partial charge on any atom is 0.332 e. The minimum absolute atomic E-state index is 0.0633. The van der Waals surface area contributed by atoms with Gasteiger partial charge in [-0.05, 0) is 13.3 Å².